The van der Waals surface area contributed by atoms with E-state index in [1.54, 1.807) is 0 Å². The van der Waals surface area contributed by atoms with E-state index in [0.717, 1.165) is 0 Å². The number of hydrogen-bond acceptors (Lipinski definition) is 2. The summed E-state index contributed by atoms with van der Waals surface area (Å²) < 4.78 is 0. The summed E-state index contributed by atoms with van der Waals surface area (Å²) in [6.07, 6.45) is 10.4. The highest BCUT2D eigenvalue weighted by atomic mass is 16.4. The fraction of sp³-hybridized carbons (Fsp3) is 0.0769. The molecule has 0 bridgehead atoms. The molecule has 0 aliphatic rings. The van der Waals surface area contributed by atoms with Crippen LogP contribution in [0, 0.1) is 24.7 Å². The normalized spacial score (nSPS) is 8.94. The molecule has 1 N–H and O–H groups in total. The predicted molar refractivity (Wildman–Crippen MR) is 59.3 cm³/mol. The zero-order valence-corrected chi connectivity index (χ0v) is 8.57. The van der Waals surface area contributed by atoms with Crippen molar-refractivity contribution in [1.29, 1.82) is 0 Å². The first-order valence-corrected chi connectivity index (χ1v) is 4.36. The Kier molecular flexibility index (Phi) is 3.13. The standard InChI is InChI=1S/C13H8O3/c1-4-9-6-11(8(3)14)12(13(15)16)7-10(9)5-2/h1-2,6-7H,3H3,(H,15,16). The molecule has 0 radical (unpaired) electrons. The fourth-order valence-electron chi connectivity index (χ4n) is 1.31. The average molecular weight is 212 g/mol. The van der Waals surface area contributed by atoms with Gasteiger partial charge in [0.1, 0.15) is 0 Å². The van der Waals surface area contributed by atoms with Crippen molar-refractivity contribution in [2.45, 2.75) is 6.92 Å². The lowest BCUT2D eigenvalue weighted by atomic mass is 9.97. The number of rotatable bonds is 2. The van der Waals surface area contributed by atoms with Gasteiger partial charge in [-0.3, -0.25) is 4.79 Å². The van der Waals surface area contributed by atoms with E-state index >= 15 is 0 Å². The van der Waals surface area contributed by atoms with E-state index in [9.17, 15) is 9.59 Å². The molecule has 1 aromatic carbocycles. The second-order valence-electron chi connectivity index (χ2n) is 3.09. The van der Waals surface area contributed by atoms with Crippen LogP contribution < -0.4 is 0 Å². The smallest absolute Gasteiger partial charge is 0.336 e. The number of benzene rings is 1. The fourth-order valence-corrected chi connectivity index (χ4v) is 1.31. The minimum atomic E-state index is -1.20. The molecule has 3 nitrogen and oxygen atoms in total. The number of hydrogen-bond donors (Lipinski definition) is 1. The molecule has 0 fully saturated rings. The van der Waals surface area contributed by atoms with Crippen LogP contribution in [0.15, 0.2) is 12.1 Å². The predicted octanol–water partition coefficient (Wildman–Crippen LogP) is 1.55. The van der Waals surface area contributed by atoms with Crippen LogP contribution in [0.25, 0.3) is 0 Å². The van der Waals surface area contributed by atoms with Gasteiger partial charge in [0.15, 0.2) is 5.78 Å². The van der Waals surface area contributed by atoms with Crippen LogP contribution in [-0.2, 0) is 0 Å². The summed E-state index contributed by atoms with van der Waals surface area (Å²) in [7, 11) is 0. The number of terminal acetylenes is 2. The summed E-state index contributed by atoms with van der Waals surface area (Å²) in [5.74, 6) is 3.04. The molecule has 16 heavy (non-hydrogen) atoms. The van der Waals surface area contributed by atoms with Gasteiger partial charge in [0, 0.05) is 16.7 Å². The maximum Gasteiger partial charge on any atom is 0.336 e. The van der Waals surface area contributed by atoms with Crippen molar-refractivity contribution < 1.29 is 14.7 Å². The highest BCUT2D eigenvalue weighted by Crippen LogP contribution is 2.17. The second kappa shape index (κ2) is 4.33. The van der Waals surface area contributed by atoms with Crippen molar-refractivity contribution in [3.63, 3.8) is 0 Å². The number of aromatic carboxylic acids is 1. The van der Waals surface area contributed by atoms with Crippen LogP contribution in [0.2, 0.25) is 0 Å². The lowest BCUT2D eigenvalue weighted by Gasteiger charge is -2.05. The number of carboxylic acids is 1. The van der Waals surface area contributed by atoms with E-state index in [2.05, 4.69) is 11.8 Å². The van der Waals surface area contributed by atoms with Gasteiger partial charge in [-0.05, 0) is 19.1 Å². The number of Topliss-reactive ketones (excluding diaryl/α,β-unsaturated/α-hetero) is 1. The molecule has 0 heterocycles. The minimum Gasteiger partial charge on any atom is -0.478 e. The van der Waals surface area contributed by atoms with Crippen molar-refractivity contribution in [2.24, 2.45) is 0 Å². The Bertz CT molecular complexity index is 503. The van der Waals surface area contributed by atoms with Gasteiger partial charge in [0.2, 0.25) is 0 Å². The molecular formula is C13H8O3. The molecule has 0 amide bonds. The van der Waals surface area contributed by atoms with Gasteiger partial charge >= 0.3 is 5.97 Å². The van der Waals surface area contributed by atoms with Crippen LogP contribution in [-0.4, -0.2) is 16.9 Å². The SMILES string of the molecule is C#Cc1cc(C(C)=O)c(C(=O)O)cc1C#C. The van der Waals surface area contributed by atoms with Gasteiger partial charge in [-0.25, -0.2) is 4.79 Å². The number of carboxylic acid groups (broad SMARTS) is 1. The Morgan fingerprint density at radius 1 is 1.12 bits per heavy atom. The highest BCUT2D eigenvalue weighted by Gasteiger charge is 2.16. The van der Waals surface area contributed by atoms with E-state index in [-0.39, 0.29) is 16.9 Å². The second-order valence-corrected chi connectivity index (χ2v) is 3.09. The van der Waals surface area contributed by atoms with Crippen LogP contribution >= 0.6 is 0 Å². The Hall–Kier alpha value is -2.52. The zero-order valence-electron chi connectivity index (χ0n) is 8.57. The third-order valence-corrected chi connectivity index (χ3v) is 2.08. The quantitative estimate of drug-likeness (QED) is 0.597. The van der Waals surface area contributed by atoms with Crippen molar-refractivity contribution in [1.82, 2.24) is 0 Å². The topological polar surface area (TPSA) is 54.4 Å². The maximum absolute atomic E-state index is 11.3. The van der Waals surface area contributed by atoms with Gasteiger partial charge in [0.05, 0.1) is 5.56 Å². The average Bonchev–Trinajstić information content (AvgIpc) is 2.26. The molecule has 0 aromatic heterocycles. The Morgan fingerprint density at radius 2 is 1.56 bits per heavy atom. The van der Waals surface area contributed by atoms with E-state index in [1.165, 1.54) is 19.1 Å². The molecular weight excluding hydrogens is 204 g/mol. The van der Waals surface area contributed by atoms with Gasteiger partial charge < -0.3 is 5.11 Å². The summed E-state index contributed by atoms with van der Waals surface area (Å²) in [5, 5.41) is 8.93. The first kappa shape index (κ1) is 11.6. The molecule has 1 rings (SSSR count). The van der Waals surface area contributed by atoms with Gasteiger partial charge in [-0.1, -0.05) is 11.8 Å². The Morgan fingerprint density at radius 3 is 1.88 bits per heavy atom. The molecule has 1 aromatic rings. The molecule has 0 saturated carbocycles. The molecule has 3 heteroatoms. The van der Waals surface area contributed by atoms with E-state index in [0.29, 0.717) is 11.1 Å². The van der Waals surface area contributed by atoms with Gasteiger partial charge in [-0.2, -0.15) is 0 Å². The molecule has 0 aliphatic carbocycles. The molecule has 0 saturated heterocycles. The van der Waals surface area contributed by atoms with Crippen molar-refractivity contribution in [2.75, 3.05) is 0 Å². The number of carbonyl (C=O) groups excluding carboxylic acids is 1. The monoisotopic (exact) mass is 212 g/mol. The first-order valence-electron chi connectivity index (χ1n) is 4.36. The molecule has 0 aliphatic heterocycles. The largest absolute Gasteiger partial charge is 0.478 e. The van der Waals surface area contributed by atoms with Crippen molar-refractivity contribution >= 4 is 11.8 Å². The van der Waals surface area contributed by atoms with Crippen LogP contribution in [0.4, 0.5) is 0 Å². The van der Waals surface area contributed by atoms with Crippen molar-refractivity contribution in [3.8, 4) is 24.7 Å². The van der Waals surface area contributed by atoms with E-state index in [1.807, 2.05) is 0 Å². The summed E-state index contributed by atoms with van der Waals surface area (Å²) in [4.78, 5) is 22.2. The number of ketones is 1. The maximum atomic E-state index is 11.3. The zero-order chi connectivity index (χ0) is 12.3. The van der Waals surface area contributed by atoms with Gasteiger partial charge in [0.25, 0.3) is 0 Å². The third-order valence-electron chi connectivity index (χ3n) is 2.08. The molecule has 0 unspecified atom stereocenters. The number of carbonyl (C=O) groups is 2. The molecule has 78 valence electrons. The summed E-state index contributed by atoms with van der Waals surface area (Å²) in [6, 6.07) is 2.58. The van der Waals surface area contributed by atoms with E-state index in [4.69, 9.17) is 18.0 Å². The van der Waals surface area contributed by atoms with Crippen LogP contribution in [0.1, 0.15) is 38.8 Å². The van der Waals surface area contributed by atoms with E-state index < -0.39 is 5.97 Å². The first-order chi connectivity index (χ1) is 7.51. The summed E-state index contributed by atoms with van der Waals surface area (Å²) >= 11 is 0. The lowest BCUT2D eigenvalue weighted by molar-refractivity contribution is 0.0692. The van der Waals surface area contributed by atoms with Crippen molar-refractivity contribution in [3.05, 3.63) is 34.4 Å². The van der Waals surface area contributed by atoms with Gasteiger partial charge in [-0.15, -0.1) is 12.8 Å². The minimum absolute atomic E-state index is 0.0689. The summed E-state index contributed by atoms with van der Waals surface area (Å²) in [6.45, 7) is 1.28. The Balaban J connectivity index is 3.64. The Labute approximate surface area is 93.1 Å². The van der Waals surface area contributed by atoms with Crippen LogP contribution in [0.5, 0.6) is 0 Å². The lowest BCUT2D eigenvalue weighted by Crippen LogP contribution is -2.08. The molecule has 0 spiro atoms. The molecule has 0 atom stereocenters. The summed E-state index contributed by atoms with van der Waals surface area (Å²) in [5.41, 5.74) is 0.585. The third kappa shape index (κ3) is 1.94. The highest BCUT2D eigenvalue weighted by molar-refractivity contribution is 6.05. The van der Waals surface area contributed by atoms with Crippen LogP contribution in [0.3, 0.4) is 0 Å².